The Morgan fingerprint density at radius 2 is 1.96 bits per heavy atom. The molecule has 0 fully saturated rings. The third-order valence-electron chi connectivity index (χ3n) is 5.10. The smallest absolute Gasteiger partial charge is 0.436 e. The molecule has 128 valence electrons. The van der Waals surface area contributed by atoms with Gasteiger partial charge in [-0.15, -0.1) is 10.3 Å². The van der Waals surface area contributed by atoms with Crippen molar-refractivity contribution in [3.05, 3.63) is 38.3 Å². The molecule has 3 rings (SSSR count). The Balaban J connectivity index is 2.05. The van der Waals surface area contributed by atoms with Crippen molar-refractivity contribution < 1.29 is 19.2 Å². The molecule has 1 aromatic carbocycles. The predicted molar refractivity (Wildman–Crippen MR) is 92.1 cm³/mol. The number of rotatable bonds is 1. The molecule has 1 unspecified atom stereocenters. The average Bonchev–Trinajstić information content (AvgIpc) is 2.77. The van der Waals surface area contributed by atoms with Crippen LogP contribution < -0.4 is 14.4 Å². The Morgan fingerprint density at radius 3 is 2.54 bits per heavy atom. The number of benzene rings is 1. The number of hydrogen-bond donors (Lipinski definition) is 0. The lowest BCUT2D eigenvalue weighted by Crippen LogP contribution is -2.60. The van der Waals surface area contributed by atoms with Crippen LogP contribution in [0.25, 0.3) is 0 Å². The molecule has 0 amide bonds. The molecule has 24 heavy (non-hydrogen) atoms. The van der Waals surface area contributed by atoms with Gasteiger partial charge in [0.2, 0.25) is 16.3 Å². The van der Waals surface area contributed by atoms with Crippen molar-refractivity contribution in [2.24, 2.45) is 0 Å². The van der Waals surface area contributed by atoms with Gasteiger partial charge < -0.3 is 9.84 Å². The Bertz CT molecular complexity index is 853. The fourth-order valence-corrected chi connectivity index (χ4v) is 4.42. The number of aryl methyl sites for hydroxylation is 3. The number of nitrogens with zero attached hydrogens (tertiary/aromatic N) is 1. The number of fused-ring (bicyclic) bond motifs is 1. The standard InChI is InChI=1S/C19H23NO3S/c1-10-9-16(21)11(2)15-7-8-19(6,23-17(10)15)18(22)20-12(3)13(4)24-14(20)5/h9H,7-8H2,1-6H3. The topological polar surface area (TPSA) is 53.2 Å². The highest BCUT2D eigenvalue weighted by Crippen LogP contribution is 2.40. The van der Waals surface area contributed by atoms with E-state index in [4.69, 9.17) is 4.74 Å². The number of hydrogen-bond acceptors (Lipinski definition) is 4. The monoisotopic (exact) mass is 345 g/mol. The average molecular weight is 345 g/mol. The summed E-state index contributed by atoms with van der Waals surface area (Å²) in [5.41, 5.74) is 2.55. The molecule has 0 N–H and O–H groups in total. The lowest BCUT2D eigenvalue weighted by molar-refractivity contribution is -0.588. The van der Waals surface area contributed by atoms with Gasteiger partial charge in [-0.2, -0.15) is 0 Å². The first-order valence-electron chi connectivity index (χ1n) is 8.18. The van der Waals surface area contributed by atoms with Gasteiger partial charge in [0.15, 0.2) is 0 Å². The van der Waals surface area contributed by atoms with Gasteiger partial charge in [-0.1, -0.05) is 23.0 Å². The van der Waals surface area contributed by atoms with E-state index in [1.165, 1.54) is 0 Å². The lowest BCUT2D eigenvalue weighted by atomic mass is 9.88. The van der Waals surface area contributed by atoms with E-state index in [0.717, 1.165) is 32.3 Å². The highest BCUT2D eigenvalue weighted by molar-refractivity contribution is 7.11. The fraction of sp³-hybridized carbons (Fsp3) is 0.474. The Morgan fingerprint density at radius 1 is 1.29 bits per heavy atom. The maximum atomic E-state index is 13.2. The predicted octanol–water partition coefficient (Wildman–Crippen LogP) is 3.08. The molecule has 0 bridgehead atoms. The summed E-state index contributed by atoms with van der Waals surface area (Å²) < 4.78 is 7.99. The Kier molecular flexibility index (Phi) is 3.95. The highest BCUT2D eigenvalue weighted by Gasteiger charge is 2.48. The van der Waals surface area contributed by atoms with Crippen molar-refractivity contribution in [1.82, 2.24) is 0 Å². The van der Waals surface area contributed by atoms with Crippen molar-refractivity contribution in [3.63, 3.8) is 0 Å². The highest BCUT2D eigenvalue weighted by atomic mass is 32.1. The fourth-order valence-electron chi connectivity index (χ4n) is 3.43. The van der Waals surface area contributed by atoms with Crippen molar-refractivity contribution in [1.29, 1.82) is 0 Å². The van der Waals surface area contributed by atoms with Crippen LogP contribution in [0.3, 0.4) is 0 Å². The summed E-state index contributed by atoms with van der Waals surface area (Å²) in [7, 11) is 0. The number of aromatic nitrogens is 1. The molecular formula is C19H23NO3S. The summed E-state index contributed by atoms with van der Waals surface area (Å²) >= 11 is 1.63. The third-order valence-corrected chi connectivity index (χ3v) is 6.18. The zero-order chi connectivity index (χ0) is 17.8. The number of carbonyl (C=O) groups excluding carboxylic acids is 1. The molecule has 0 aliphatic carbocycles. The van der Waals surface area contributed by atoms with Gasteiger partial charge >= 0.3 is 5.91 Å². The van der Waals surface area contributed by atoms with Crippen LogP contribution >= 0.6 is 11.3 Å². The number of thiazole rings is 1. The number of ether oxygens (including phenoxy) is 1. The van der Waals surface area contributed by atoms with E-state index >= 15 is 0 Å². The van der Waals surface area contributed by atoms with Crippen LogP contribution in [0.1, 0.15) is 50.4 Å². The van der Waals surface area contributed by atoms with Crippen LogP contribution in [0.2, 0.25) is 0 Å². The first-order valence-corrected chi connectivity index (χ1v) is 9.00. The molecule has 1 aliphatic heterocycles. The van der Waals surface area contributed by atoms with Gasteiger partial charge in [0, 0.05) is 20.3 Å². The van der Waals surface area contributed by atoms with Crippen LogP contribution in [0.15, 0.2) is 6.07 Å². The third kappa shape index (κ3) is 2.42. The van der Waals surface area contributed by atoms with Gasteiger partial charge in [0.25, 0.3) is 0 Å². The molecule has 0 spiro atoms. The van der Waals surface area contributed by atoms with E-state index in [1.54, 1.807) is 22.0 Å². The number of carbonyl (C=O) groups is 1. The molecule has 0 radical (unpaired) electrons. The second kappa shape index (κ2) is 5.59. The molecule has 1 atom stereocenters. The molecule has 4 nitrogen and oxygen atoms in total. The minimum Gasteiger partial charge on any atom is -0.872 e. The zero-order valence-electron chi connectivity index (χ0n) is 15.1. The van der Waals surface area contributed by atoms with Gasteiger partial charge in [0.1, 0.15) is 5.75 Å². The van der Waals surface area contributed by atoms with Crippen molar-refractivity contribution in [3.8, 4) is 11.5 Å². The summed E-state index contributed by atoms with van der Waals surface area (Å²) in [6.07, 6.45) is 1.26. The normalized spacial score (nSPS) is 19.8. The molecule has 1 aromatic heterocycles. The van der Waals surface area contributed by atoms with Crippen molar-refractivity contribution in [2.75, 3.05) is 0 Å². The molecule has 5 heteroatoms. The van der Waals surface area contributed by atoms with E-state index < -0.39 is 5.60 Å². The largest absolute Gasteiger partial charge is 0.872 e. The SMILES string of the molecule is Cc1cc([O-])c(C)c2c1OC(C)(C(=O)[n+]1c(C)sc(C)c1C)CC2. The van der Waals surface area contributed by atoms with Crippen LogP contribution in [0.5, 0.6) is 11.5 Å². The summed E-state index contributed by atoms with van der Waals surface area (Å²) in [4.78, 5) is 14.4. The first kappa shape index (κ1) is 17.0. The molecule has 2 heterocycles. The Labute approximate surface area is 146 Å². The second-order valence-electron chi connectivity index (χ2n) is 6.86. The molecular weight excluding hydrogens is 322 g/mol. The van der Waals surface area contributed by atoms with E-state index in [9.17, 15) is 9.90 Å². The van der Waals surface area contributed by atoms with Gasteiger partial charge in [-0.25, -0.2) is 4.79 Å². The minimum atomic E-state index is -0.914. The summed E-state index contributed by atoms with van der Waals surface area (Å²) in [6.45, 7) is 11.5. The lowest BCUT2D eigenvalue weighted by Gasteiger charge is -2.34. The van der Waals surface area contributed by atoms with Crippen molar-refractivity contribution >= 4 is 17.2 Å². The maximum Gasteiger partial charge on any atom is 0.436 e. The molecule has 1 aliphatic rings. The van der Waals surface area contributed by atoms with Crippen LogP contribution in [0.4, 0.5) is 0 Å². The first-order chi connectivity index (χ1) is 11.2. The van der Waals surface area contributed by atoms with E-state index in [0.29, 0.717) is 18.6 Å². The Hall–Kier alpha value is -1.88. The van der Waals surface area contributed by atoms with Crippen LogP contribution in [-0.2, 0) is 6.42 Å². The summed E-state index contributed by atoms with van der Waals surface area (Å²) in [6, 6.07) is 1.60. The van der Waals surface area contributed by atoms with E-state index in [1.807, 2.05) is 41.5 Å². The van der Waals surface area contributed by atoms with E-state index in [-0.39, 0.29) is 11.7 Å². The maximum absolute atomic E-state index is 13.2. The molecule has 0 saturated carbocycles. The second-order valence-corrected chi connectivity index (χ2v) is 8.27. The van der Waals surface area contributed by atoms with Crippen LogP contribution in [-0.4, -0.2) is 11.5 Å². The van der Waals surface area contributed by atoms with Gasteiger partial charge in [-0.05, 0) is 45.2 Å². The van der Waals surface area contributed by atoms with Gasteiger partial charge in [-0.3, -0.25) is 0 Å². The molecule has 0 saturated heterocycles. The summed E-state index contributed by atoms with van der Waals surface area (Å²) in [5.74, 6) is 0.715. The van der Waals surface area contributed by atoms with E-state index in [2.05, 4.69) is 0 Å². The van der Waals surface area contributed by atoms with Crippen molar-refractivity contribution in [2.45, 2.75) is 60.0 Å². The quantitative estimate of drug-likeness (QED) is 0.747. The summed E-state index contributed by atoms with van der Waals surface area (Å²) in [5, 5.41) is 13.0. The minimum absolute atomic E-state index is 0.0317. The zero-order valence-corrected chi connectivity index (χ0v) is 15.9. The van der Waals surface area contributed by atoms with Crippen LogP contribution in [0, 0.1) is 34.6 Å². The van der Waals surface area contributed by atoms with Gasteiger partial charge in [0.05, 0.1) is 4.88 Å². The molecule has 2 aromatic rings.